The number of rotatable bonds is 38. The summed E-state index contributed by atoms with van der Waals surface area (Å²) in [5.41, 5.74) is 0. The summed E-state index contributed by atoms with van der Waals surface area (Å²) < 4.78 is 12.0. The van der Waals surface area contributed by atoms with Crippen molar-refractivity contribution >= 4 is 11.9 Å². The van der Waals surface area contributed by atoms with Gasteiger partial charge < -0.3 is 14.4 Å². The molecule has 0 aromatic rings. The standard InChI is InChI=1S/C43H85NO4/c1-6-9-12-15-18-19-20-24-29-35-41(48-43(46)38-32-39-44(4)5)36-30-25-21-26-31-37-42(45)47-40(33-27-22-16-13-10-7-2)34-28-23-17-14-11-8-3/h40-41H,6-39H2,1-5H3. The fourth-order valence-corrected chi connectivity index (χ4v) is 6.71. The zero-order valence-electron chi connectivity index (χ0n) is 33.3. The summed E-state index contributed by atoms with van der Waals surface area (Å²) in [5, 5.41) is 0. The van der Waals surface area contributed by atoms with Crippen molar-refractivity contribution in [1.29, 1.82) is 0 Å². The van der Waals surface area contributed by atoms with E-state index in [4.69, 9.17) is 9.47 Å². The predicted octanol–water partition coefficient (Wildman–Crippen LogP) is 13.3. The van der Waals surface area contributed by atoms with Crippen LogP contribution in [0.3, 0.4) is 0 Å². The first kappa shape index (κ1) is 46.9. The molecule has 0 saturated carbocycles. The summed E-state index contributed by atoms with van der Waals surface area (Å²) in [5.74, 6) is -0.0123. The van der Waals surface area contributed by atoms with Gasteiger partial charge in [0.15, 0.2) is 0 Å². The number of hydrogen-bond donors (Lipinski definition) is 0. The van der Waals surface area contributed by atoms with Crippen LogP contribution in [0.2, 0.25) is 0 Å². The van der Waals surface area contributed by atoms with Gasteiger partial charge in [0.2, 0.25) is 0 Å². The summed E-state index contributed by atoms with van der Waals surface area (Å²) in [4.78, 5) is 27.4. The Morgan fingerprint density at radius 3 is 0.979 bits per heavy atom. The molecule has 0 heterocycles. The Bertz CT molecular complexity index is 666. The smallest absolute Gasteiger partial charge is 0.306 e. The first-order valence-corrected chi connectivity index (χ1v) is 21.5. The summed E-state index contributed by atoms with van der Waals surface area (Å²) in [6, 6.07) is 0. The van der Waals surface area contributed by atoms with Gasteiger partial charge in [-0.15, -0.1) is 0 Å². The Morgan fingerprint density at radius 2 is 0.667 bits per heavy atom. The molecule has 0 aliphatic heterocycles. The highest BCUT2D eigenvalue weighted by Crippen LogP contribution is 2.20. The van der Waals surface area contributed by atoms with Crippen LogP contribution in [0.5, 0.6) is 0 Å². The van der Waals surface area contributed by atoms with Gasteiger partial charge in [-0.05, 0) is 84.8 Å². The number of carbonyl (C=O) groups is 2. The van der Waals surface area contributed by atoms with Gasteiger partial charge in [-0.1, -0.05) is 156 Å². The van der Waals surface area contributed by atoms with Crippen LogP contribution in [0.1, 0.15) is 233 Å². The topological polar surface area (TPSA) is 55.8 Å². The molecule has 0 N–H and O–H groups in total. The van der Waals surface area contributed by atoms with Crippen molar-refractivity contribution in [2.45, 2.75) is 245 Å². The number of carbonyl (C=O) groups excluding carboxylic acids is 2. The van der Waals surface area contributed by atoms with Crippen molar-refractivity contribution in [3.05, 3.63) is 0 Å². The molecule has 1 unspecified atom stereocenters. The molecule has 0 aromatic heterocycles. The largest absolute Gasteiger partial charge is 0.462 e. The zero-order chi connectivity index (χ0) is 35.3. The van der Waals surface area contributed by atoms with Gasteiger partial charge in [-0.3, -0.25) is 9.59 Å². The third-order valence-electron chi connectivity index (χ3n) is 9.88. The van der Waals surface area contributed by atoms with E-state index in [0.29, 0.717) is 12.8 Å². The van der Waals surface area contributed by atoms with Gasteiger partial charge in [-0.25, -0.2) is 0 Å². The molecular weight excluding hydrogens is 594 g/mol. The predicted molar refractivity (Wildman–Crippen MR) is 208 cm³/mol. The van der Waals surface area contributed by atoms with E-state index in [1.54, 1.807) is 0 Å². The molecule has 0 spiro atoms. The van der Waals surface area contributed by atoms with Crippen molar-refractivity contribution in [3.63, 3.8) is 0 Å². The van der Waals surface area contributed by atoms with Gasteiger partial charge in [0, 0.05) is 12.8 Å². The average molecular weight is 680 g/mol. The molecule has 0 aliphatic rings. The molecule has 286 valence electrons. The number of ether oxygens (including phenoxy) is 2. The van der Waals surface area contributed by atoms with E-state index in [2.05, 4.69) is 25.7 Å². The van der Waals surface area contributed by atoms with Crippen molar-refractivity contribution in [2.75, 3.05) is 20.6 Å². The molecular formula is C43H85NO4. The van der Waals surface area contributed by atoms with Crippen LogP contribution >= 0.6 is 0 Å². The van der Waals surface area contributed by atoms with Crippen LogP contribution in [0.15, 0.2) is 0 Å². The summed E-state index contributed by atoms with van der Waals surface area (Å²) >= 11 is 0. The SMILES string of the molecule is CCCCCCCCCCCC(CCCCCCCC(=O)OC(CCCCCCCC)CCCCCCCC)OC(=O)CCCN(C)C. The van der Waals surface area contributed by atoms with Crippen molar-refractivity contribution in [3.8, 4) is 0 Å². The lowest BCUT2D eigenvalue weighted by Gasteiger charge is -2.19. The third kappa shape index (κ3) is 34.8. The summed E-state index contributed by atoms with van der Waals surface area (Å²) in [7, 11) is 4.10. The second-order valence-electron chi connectivity index (χ2n) is 15.2. The molecule has 5 nitrogen and oxygen atoms in total. The molecule has 0 amide bonds. The second kappa shape index (κ2) is 37.2. The fourth-order valence-electron chi connectivity index (χ4n) is 6.71. The van der Waals surface area contributed by atoms with E-state index < -0.39 is 0 Å². The van der Waals surface area contributed by atoms with Gasteiger partial charge in [0.1, 0.15) is 12.2 Å². The molecule has 0 bridgehead atoms. The lowest BCUT2D eigenvalue weighted by atomic mass is 10.0. The first-order chi connectivity index (χ1) is 23.4. The van der Waals surface area contributed by atoms with Crippen LogP contribution in [0, 0.1) is 0 Å². The Hall–Kier alpha value is -1.10. The van der Waals surface area contributed by atoms with Crippen LogP contribution in [-0.2, 0) is 19.1 Å². The van der Waals surface area contributed by atoms with Crippen LogP contribution in [0.25, 0.3) is 0 Å². The summed E-state index contributed by atoms with van der Waals surface area (Å²) in [6.45, 7) is 7.72. The van der Waals surface area contributed by atoms with Gasteiger partial charge in [0.25, 0.3) is 0 Å². The normalized spacial score (nSPS) is 12.2. The van der Waals surface area contributed by atoms with Crippen molar-refractivity contribution in [1.82, 2.24) is 4.90 Å². The lowest BCUT2D eigenvalue weighted by molar-refractivity contribution is -0.151. The van der Waals surface area contributed by atoms with E-state index in [1.165, 1.54) is 128 Å². The van der Waals surface area contributed by atoms with E-state index >= 15 is 0 Å². The first-order valence-electron chi connectivity index (χ1n) is 21.5. The second-order valence-corrected chi connectivity index (χ2v) is 15.2. The molecule has 0 radical (unpaired) electrons. The van der Waals surface area contributed by atoms with Gasteiger partial charge in [-0.2, -0.15) is 0 Å². The minimum Gasteiger partial charge on any atom is -0.462 e. The van der Waals surface area contributed by atoms with Gasteiger partial charge in [0.05, 0.1) is 0 Å². The van der Waals surface area contributed by atoms with Crippen molar-refractivity contribution in [2.24, 2.45) is 0 Å². The minimum atomic E-state index is -0.0254. The highest BCUT2D eigenvalue weighted by atomic mass is 16.5. The molecule has 0 aliphatic carbocycles. The van der Waals surface area contributed by atoms with E-state index in [9.17, 15) is 9.59 Å². The maximum Gasteiger partial charge on any atom is 0.306 e. The highest BCUT2D eigenvalue weighted by Gasteiger charge is 2.16. The average Bonchev–Trinajstić information content (AvgIpc) is 3.06. The monoisotopic (exact) mass is 680 g/mol. The van der Waals surface area contributed by atoms with E-state index in [1.807, 2.05) is 14.1 Å². The molecule has 0 fully saturated rings. The van der Waals surface area contributed by atoms with Gasteiger partial charge >= 0.3 is 11.9 Å². The Kier molecular flexibility index (Phi) is 36.3. The quantitative estimate of drug-likeness (QED) is 0.0480. The number of esters is 2. The zero-order valence-corrected chi connectivity index (χ0v) is 33.3. The fraction of sp³-hybridized carbons (Fsp3) is 0.953. The molecule has 0 rings (SSSR count). The molecule has 1 atom stereocenters. The number of nitrogens with zero attached hydrogens (tertiary/aromatic N) is 1. The van der Waals surface area contributed by atoms with Crippen LogP contribution < -0.4 is 0 Å². The highest BCUT2D eigenvalue weighted by molar-refractivity contribution is 5.69. The Balaban J connectivity index is 4.38. The summed E-state index contributed by atoms with van der Waals surface area (Å²) in [6.07, 6.45) is 38.8. The Labute approximate surface area is 300 Å². The maximum atomic E-state index is 12.7. The number of unbranched alkanes of at least 4 members (excludes halogenated alkanes) is 22. The lowest BCUT2D eigenvalue weighted by Crippen LogP contribution is -2.20. The van der Waals surface area contributed by atoms with E-state index in [-0.39, 0.29) is 24.1 Å². The molecule has 0 aromatic carbocycles. The minimum absolute atomic E-state index is 0.0131. The molecule has 48 heavy (non-hydrogen) atoms. The van der Waals surface area contributed by atoms with E-state index in [0.717, 1.165) is 77.2 Å². The van der Waals surface area contributed by atoms with Crippen LogP contribution in [-0.4, -0.2) is 49.7 Å². The third-order valence-corrected chi connectivity index (χ3v) is 9.88. The molecule has 5 heteroatoms. The van der Waals surface area contributed by atoms with Crippen LogP contribution in [0.4, 0.5) is 0 Å². The maximum absolute atomic E-state index is 12.7. The molecule has 0 saturated heterocycles. The Morgan fingerprint density at radius 1 is 0.396 bits per heavy atom. The van der Waals surface area contributed by atoms with Crippen molar-refractivity contribution < 1.29 is 19.1 Å². The number of hydrogen-bond acceptors (Lipinski definition) is 5.